The molecule has 0 aliphatic heterocycles. The van der Waals surface area contributed by atoms with Crippen LogP contribution in [0.2, 0.25) is 5.02 Å². The van der Waals surface area contributed by atoms with Gasteiger partial charge in [-0.2, -0.15) is 5.10 Å². The Morgan fingerprint density at radius 3 is 2.32 bits per heavy atom. The Morgan fingerprint density at radius 2 is 1.72 bits per heavy atom. The topological polar surface area (TPSA) is 92.2 Å². The predicted molar refractivity (Wildman–Crippen MR) is 93.1 cm³/mol. The molecule has 0 spiro atoms. The van der Waals surface area contributed by atoms with Crippen LogP contribution in [0, 0.1) is 0 Å². The number of nitrogens with zero attached hydrogens (tertiary/aromatic N) is 1. The van der Waals surface area contributed by atoms with Crippen molar-refractivity contribution in [2.45, 2.75) is 0 Å². The van der Waals surface area contributed by atoms with Crippen molar-refractivity contribution in [3.05, 3.63) is 46.5 Å². The van der Waals surface area contributed by atoms with Crippen LogP contribution in [0.3, 0.4) is 0 Å². The van der Waals surface area contributed by atoms with Crippen molar-refractivity contribution in [3.63, 3.8) is 0 Å². The summed E-state index contributed by atoms with van der Waals surface area (Å²) in [6.07, 6.45) is 1.49. The number of hydrazone groups is 1. The highest BCUT2D eigenvalue weighted by Crippen LogP contribution is 2.33. The minimum absolute atomic E-state index is 0.00852. The quantitative estimate of drug-likeness (QED) is 0.598. The molecule has 2 aromatic rings. The van der Waals surface area contributed by atoms with Crippen LogP contribution >= 0.6 is 11.6 Å². The molecule has 0 aliphatic carbocycles. The van der Waals surface area contributed by atoms with Crippen LogP contribution in [0.4, 0.5) is 5.69 Å². The van der Waals surface area contributed by atoms with E-state index < -0.39 is 5.97 Å². The minimum atomic E-state index is -1.30. The maximum atomic E-state index is 10.9. The predicted octanol–water partition coefficient (Wildman–Crippen LogP) is 2.18. The first-order chi connectivity index (χ1) is 12.0. The fourth-order valence-corrected chi connectivity index (χ4v) is 2.22. The van der Waals surface area contributed by atoms with Crippen LogP contribution in [0.25, 0.3) is 0 Å². The zero-order valence-corrected chi connectivity index (χ0v) is 14.6. The normalized spacial score (nSPS) is 10.6. The summed E-state index contributed by atoms with van der Waals surface area (Å²) >= 11 is 6.02. The number of nitrogens with one attached hydrogen (secondary N) is 1. The van der Waals surface area contributed by atoms with E-state index in [1.54, 1.807) is 12.1 Å². The van der Waals surface area contributed by atoms with Gasteiger partial charge in [-0.05, 0) is 23.8 Å². The van der Waals surface area contributed by atoms with E-state index >= 15 is 0 Å². The number of methoxy groups -OCH3 is 3. The Morgan fingerprint density at radius 1 is 1.08 bits per heavy atom. The van der Waals surface area contributed by atoms with Crippen molar-refractivity contribution in [1.82, 2.24) is 0 Å². The molecule has 132 valence electrons. The van der Waals surface area contributed by atoms with Gasteiger partial charge in [-0.1, -0.05) is 17.7 Å². The van der Waals surface area contributed by atoms with Crippen molar-refractivity contribution in [3.8, 4) is 17.2 Å². The molecular weight excluding hydrogens is 348 g/mol. The highest BCUT2D eigenvalue weighted by Gasteiger charge is 2.10. The van der Waals surface area contributed by atoms with E-state index in [2.05, 4.69) is 10.5 Å². The standard InChI is InChI=1S/C17H17ClN2O5/c1-23-14-8-16(25-3)15(24-2)7-11(14)9-19-20-13-6-10(17(21)22)4-5-12(13)18/h4-9,20H,1-3H3,(H,21,22)/p-1/b19-9-. The number of aromatic carboxylic acids is 1. The number of carboxylic acid groups (broad SMARTS) is 1. The molecule has 0 atom stereocenters. The van der Waals surface area contributed by atoms with E-state index in [-0.39, 0.29) is 5.56 Å². The summed E-state index contributed by atoms with van der Waals surface area (Å²) in [4.78, 5) is 10.9. The van der Waals surface area contributed by atoms with E-state index in [4.69, 9.17) is 25.8 Å². The highest BCUT2D eigenvalue weighted by molar-refractivity contribution is 6.33. The lowest BCUT2D eigenvalue weighted by molar-refractivity contribution is -0.255. The lowest BCUT2D eigenvalue weighted by Gasteiger charge is -2.12. The van der Waals surface area contributed by atoms with Crippen molar-refractivity contribution in [1.29, 1.82) is 0 Å². The molecule has 0 radical (unpaired) electrons. The maximum absolute atomic E-state index is 10.9. The van der Waals surface area contributed by atoms with Crippen LogP contribution in [0.15, 0.2) is 35.4 Å². The van der Waals surface area contributed by atoms with Gasteiger partial charge < -0.3 is 24.1 Å². The summed E-state index contributed by atoms with van der Waals surface area (Å²) in [7, 11) is 4.57. The second-order valence-electron chi connectivity index (χ2n) is 4.80. The molecule has 7 nitrogen and oxygen atoms in total. The number of rotatable bonds is 7. The number of hydrogen-bond donors (Lipinski definition) is 1. The first-order valence-electron chi connectivity index (χ1n) is 7.10. The van der Waals surface area contributed by atoms with Gasteiger partial charge in [-0.3, -0.25) is 5.43 Å². The molecule has 0 saturated carbocycles. The molecule has 1 N–H and O–H groups in total. The fourth-order valence-electron chi connectivity index (χ4n) is 2.06. The number of hydrogen-bond acceptors (Lipinski definition) is 7. The summed E-state index contributed by atoms with van der Waals surface area (Å²) in [6.45, 7) is 0. The van der Waals surface area contributed by atoms with Crippen LogP contribution in [-0.2, 0) is 0 Å². The Kier molecular flexibility index (Phi) is 6.08. The van der Waals surface area contributed by atoms with Gasteiger partial charge in [0.2, 0.25) is 0 Å². The van der Waals surface area contributed by atoms with Crippen LogP contribution in [-0.4, -0.2) is 33.5 Å². The first-order valence-corrected chi connectivity index (χ1v) is 7.48. The van der Waals surface area contributed by atoms with E-state index in [9.17, 15) is 9.90 Å². The van der Waals surface area contributed by atoms with Crippen molar-refractivity contribution < 1.29 is 24.1 Å². The van der Waals surface area contributed by atoms with E-state index in [0.29, 0.717) is 33.5 Å². The maximum Gasteiger partial charge on any atom is 0.164 e. The van der Waals surface area contributed by atoms with E-state index in [1.807, 2.05) is 0 Å². The minimum Gasteiger partial charge on any atom is -0.545 e. The van der Waals surface area contributed by atoms with Crippen LogP contribution in [0.5, 0.6) is 17.2 Å². The molecule has 2 aromatic carbocycles. The van der Waals surface area contributed by atoms with Gasteiger partial charge in [0.1, 0.15) is 5.75 Å². The summed E-state index contributed by atoms with van der Waals surface area (Å²) < 4.78 is 15.8. The second kappa shape index (κ2) is 8.25. The van der Waals surface area contributed by atoms with Gasteiger partial charge in [0.25, 0.3) is 0 Å². The first kappa shape index (κ1) is 18.4. The lowest BCUT2D eigenvalue weighted by atomic mass is 10.2. The Labute approximate surface area is 149 Å². The van der Waals surface area contributed by atoms with Gasteiger partial charge in [0.05, 0.1) is 44.2 Å². The molecule has 0 heterocycles. The number of halogens is 1. The zero-order valence-electron chi connectivity index (χ0n) is 13.8. The smallest absolute Gasteiger partial charge is 0.164 e. The number of benzene rings is 2. The molecule has 8 heteroatoms. The second-order valence-corrected chi connectivity index (χ2v) is 5.21. The van der Waals surface area contributed by atoms with Crippen molar-refractivity contribution >= 4 is 29.5 Å². The largest absolute Gasteiger partial charge is 0.545 e. The highest BCUT2D eigenvalue weighted by atomic mass is 35.5. The van der Waals surface area contributed by atoms with E-state index in [1.165, 1.54) is 45.7 Å². The monoisotopic (exact) mass is 363 g/mol. The average Bonchev–Trinajstić information content (AvgIpc) is 2.62. The molecule has 2 rings (SSSR count). The van der Waals surface area contributed by atoms with Crippen LogP contribution < -0.4 is 24.7 Å². The summed E-state index contributed by atoms with van der Waals surface area (Å²) in [6, 6.07) is 7.50. The van der Waals surface area contributed by atoms with Gasteiger partial charge in [-0.15, -0.1) is 0 Å². The number of anilines is 1. The zero-order chi connectivity index (χ0) is 18.4. The molecule has 0 amide bonds. The summed E-state index contributed by atoms with van der Waals surface area (Å²) in [5, 5.41) is 15.3. The summed E-state index contributed by atoms with van der Waals surface area (Å²) in [5.74, 6) is 0.263. The summed E-state index contributed by atoms with van der Waals surface area (Å²) in [5.41, 5.74) is 3.64. The molecule has 0 aromatic heterocycles. The van der Waals surface area contributed by atoms with Gasteiger partial charge in [0, 0.05) is 11.6 Å². The number of carbonyl (C=O) groups excluding carboxylic acids is 1. The number of carboxylic acids is 1. The Bertz CT molecular complexity index is 808. The molecule has 0 aliphatic rings. The molecule has 0 fully saturated rings. The number of carbonyl (C=O) groups is 1. The van der Waals surface area contributed by atoms with Crippen LogP contribution in [0.1, 0.15) is 15.9 Å². The van der Waals surface area contributed by atoms with E-state index in [0.717, 1.165) is 0 Å². The molecule has 0 saturated heterocycles. The molecule has 0 bridgehead atoms. The average molecular weight is 364 g/mol. The van der Waals surface area contributed by atoms with Crippen molar-refractivity contribution in [2.24, 2.45) is 5.10 Å². The molecule has 0 unspecified atom stereocenters. The Balaban J connectivity index is 2.28. The SMILES string of the molecule is COc1cc(OC)c(OC)cc1/C=N\Nc1cc(C(=O)[O-])ccc1Cl. The molecular formula is C17H16ClN2O5-. The third-order valence-corrected chi connectivity index (χ3v) is 3.66. The molecule has 25 heavy (non-hydrogen) atoms. The third-order valence-electron chi connectivity index (χ3n) is 3.33. The fraction of sp³-hybridized carbons (Fsp3) is 0.176. The van der Waals surface area contributed by atoms with Gasteiger partial charge >= 0.3 is 0 Å². The third kappa shape index (κ3) is 4.33. The number of ether oxygens (including phenoxy) is 3. The van der Waals surface area contributed by atoms with Gasteiger partial charge in [0.15, 0.2) is 11.5 Å². The lowest BCUT2D eigenvalue weighted by Crippen LogP contribution is -2.22. The van der Waals surface area contributed by atoms with Crippen molar-refractivity contribution in [2.75, 3.05) is 26.8 Å². The Hall–Kier alpha value is -2.93. The van der Waals surface area contributed by atoms with Gasteiger partial charge in [-0.25, -0.2) is 0 Å².